The number of nitrogens with zero attached hydrogens (tertiary/aromatic N) is 5. The Morgan fingerprint density at radius 1 is 1.18 bits per heavy atom. The van der Waals surface area contributed by atoms with Crippen LogP contribution in [0.2, 0.25) is 0 Å². The van der Waals surface area contributed by atoms with Gasteiger partial charge in [0.2, 0.25) is 17.6 Å². The molecule has 3 aromatic rings. The van der Waals surface area contributed by atoms with Crippen molar-refractivity contribution in [2.75, 3.05) is 38.6 Å². The lowest BCUT2D eigenvalue weighted by atomic mass is 10.1. The Hall–Kier alpha value is -3.67. The minimum absolute atomic E-state index is 0.0964. The van der Waals surface area contributed by atoms with Crippen LogP contribution in [0.25, 0.3) is 11.4 Å². The molecule has 1 N–H and O–H groups in total. The molecule has 1 aliphatic rings. The summed E-state index contributed by atoms with van der Waals surface area (Å²) in [6, 6.07) is 7.68. The fourth-order valence-corrected chi connectivity index (χ4v) is 3.60. The second-order valence-electron chi connectivity index (χ2n) is 7.75. The molecule has 12 heteroatoms. The van der Waals surface area contributed by atoms with Gasteiger partial charge in [-0.2, -0.15) is 18.2 Å². The van der Waals surface area contributed by atoms with Crippen molar-refractivity contribution in [2.45, 2.75) is 19.1 Å². The number of anilines is 1. The lowest BCUT2D eigenvalue weighted by Crippen LogP contribution is -2.50. The molecule has 0 spiro atoms. The molecule has 1 aliphatic heterocycles. The van der Waals surface area contributed by atoms with Crippen LogP contribution in [0.5, 0.6) is 5.88 Å². The van der Waals surface area contributed by atoms with E-state index in [0.29, 0.717) is 43.6 Å². The summed E-state index contributed by atoms with van der Waals surface area (Å²) < 4.78 is 49.3. The average molecular weight is 476 g/mol. The average Bonchev–Trinajstić information content (AvgIpc) is 3.34. The molecule has 0 saturated carbocycles. The summed E-state index contributed by atoms with van der Waals surface area (Å²) in [5.74, 6) is 0.853. The lowest BCUT2D eigenvalue weighted by molar-refractivity contribution is -0.137. The molecular weight excluding hydrogens is 453 g/mol. The van der Waals surface area contributed by atoms with Crippen LogP contribution in [-0.2, 0) is 6.18 Å². The highest BCUT2D eigenvalue weighted by molar-refractivity contribution is 5.89. The molecular formula is C22H23F3N6O3. The highest BCUT2D eigenvalue weighted by atomic mass is 19.4. The Bertz CT molecular complexity index is 1130. The van der Waals surface area contributed by atoms with Crippen LogP contribution in [0.3, 0.4) is 0 Å². The molecule has 1 unspecified atom stereocenters. The maximum atomic E-state index is 13.0. The lowest BCUT2D eigenvalue weighted by Gasteiger charge is -2.36. The summed E-state index contributed by atoms with van der Waals surface area (Å²) in [7, 11) is 1.52. The number of urea groups is 1. The van der Waals surface area contributed by atoms with E-state index < -0.39 is 11.7 Å². The number of methoxy groups -OCH3 is 1. The van der Waals surface area contributed by atoms with Crippen LogP contribution in [0.1, 0.15) is 24.4 Å². The summed E-state index contributed by atoms with van der Waals surface area (Å²) in [5.41, 5.74) is 0.0188. The molecule has 1 atom stereocenters. The number of ether oxygens (including phenoxy) is 1. The third-order valence-electron chi connectivity index (χ3n) is 5.59. The van der Waals surface area contributed by atoms with Gasteiger partial charge in [-0.05, 0) is 25.1 Å². The molecule has 180 valence electrons. The zero-order valence-electron chi connectivity index (χ0n) is 18.5. The minimum Gasteiger partial charge on any atom is -0.481 e. The van der Waals surface area contributed by atoms with E-state index in [-0.39, 0.29) is 23.5 Å². The number of carbonyl (C=O) groups is 1. The predicted octanol–water partition coefficient (Wildman–Crippen LogP) is 4.07. The van der Waals surface area contributed by atoms with E-state index in [9.17, 15) is 18.0 Å². The van der Waals surface area contributed by atoms with Crippen molar-refractivity contribution in [1.29, 1.82) is 0 Å². The van der Waals surface area contributed by atoms with E-state index in [2.05, 4.69) is 25.3 Å². The molecule has 3 heterocycles. The van der Waals surface area contributed by atoms with E-state index in [4.69, 9.17) is 9.26 Å². The molecule has 34 heavy (non-hydrogen) atoms. The van der Waals surface area contributed by atoms with Gasteiger partial charge < -0.3 is 19.5 Å². The Morgan fingerprint density at radius 3 is 2.59 bits per heavy atom. The fraction of sp³-hybridized carbons (Fsp3) is 0.364. The number of carbonyl (C=O) groups excluding carboxylic acids is 1. The zero-order chi connectivity index (χ0) is 24.3. The second-order valence-corrected chi connectivity index (χ2v) is 7.75. The monoisotopic (exact) mass is 476 g/mol. The second kappa shape index (κ2) is 9.67. The largest absolute Gasteiger partial charge is 0.481 e. The minimum atomic E-state index is -4.45. The van der Waals surface area contributed by atoms with Gasteiger partial charge in [0.15, 0.2) is 0 Å². The standard InChI is InChI=1S/C22H23F3N6O3/c1-14(20-28-19(29-34-20)15-4-3-5-16(12-15)22(23,24)25)30-8-10-31(11-9-30)21(32)27-17-6-7-18(33-2)26-13-17/h3-7,12-14H,8-11H2,1-2H3,(H,27,32). The number of halogens is 3. The van der Waals surface area contributed by atoms with Crippen molar-refractivity contribution in [3.8, 4) is 17.3 Å². The van der Waals surface area contributed by atoms with Gasteiger partial charge in [0, 0.05) is 37.8 Å². The van der Waals surface area contributed by atoms with Gasteiger partial charge in [-0.3, -0.25) is 4.90 Å². The summed E-state index contributed by atoms with van der Waals surface area (Å²) in [6.07, 6.45) is -2.93. The highest BCUT2D eigenvalue weighted by Gasteiger charge is 2.31. The van der Waals surface area contributed by atoms with Gasteiger partial charge in [0.1, 0.15) is 0 Å². The van der Waals surface area contributed by atoms with Gasteiger partial charge in [-0.15, -0.1) is 0 Å². The van der Waals surface area contributed by atoms with Crippen molar-refractivity contribution in [3.63, 3.8) is 0 Å². The van der Waals surface area contributed by atoms with E-state index in [1.807, 2.05) is 6.92 Å². The van der Waals surface area contributed by atoms with Crippen molar-refractivity contribution >= 4 is 11.7 Å². The number of hydrogen-bond donors (Lipinski definition) is 1. The molecule has 9 nitrogen and oxygen atoms in total. The van der Waals surface area contributed by atoms with Gasteiger partial charge >= 0.3 is 12.2 Å². The molecule has 1 fully saturated rings. The molecule has 1 aromatic carbocycles. The number of pyridine rings is 1. The van der Waals surface area contributed by atoms with Gasteiger partial charge in [-0.25, -0.2) is 9.78 Å². The Balaban J connectivity index is 1.34. The van der Waals surface area contributed by atoms with Crippen LogP contribution in [0, 0.1) is 0 Å². The number of nitrogens with one attached hydrogen (secondary N) is 1. The molecule has 0 radical (unpaired) electrons. The molecule has 2 amide bonds. The van der Waals surface area contributed by atoms with Crippen LogP contribution in [0.4, 0.5) is 23.7 Å². The number of aromatic nitrogens is 3. The number of piperazine rings is 1. The van der Waals surface area contributed by atoms with E-state index in [1.165, 1.54) is 25.4 Å². The fourth-order valence-electron chi connectivity index (χ4n) is 3.60. The Morgan fingerprint density at radius 2 is 1.94 bits per heavy atom. The zero-order valence-corrected chi connectivity index (χ0v) is 18.5. The number of rotatable bonds is 5. The van der Waals surface area contributed by atoms with Gasteiger partial charge in [-0.1, -0.05) is 17.3 Å². The first-order valence-corrected chi connectivity index (χ1v) is 10.6. The van der Waals surface area contributed by atoms with E-state index >= 15 is 0 Å². The molecule has 0 aliphatic carbocycles. The Labute approximate surface area is 193 Å². The normalized spacial score (nSPS) is 15.7. The summed E-state index contributed by atoms with van der Waals surface area (Å²) >= 11 is 0. The third-order valence-corrected chi connectivity index (χ3v) is 5.59. The van der Waals surface area contributed by atoms with E-state index in [0.717, 1.165) is 12.1 Å². The highest BCUT2D eigenvalue weighted by Crippen LogP contribution is 2.32. The van der Waals surface area contributed by atoms with Crippen LogP contribution >= 0.6 is 0 Å². The number of alkyl halides is 3. The van der Waals surface area contributed by atoms with Crippen molar-refractivity contribution in [3.05, 3.63) is 54.0 Å². The van der Waals surface area contributed by atoms with Crippen LogP contribution < -0.4 is 10.1 Å². The maximum absolute atomic E-state index is 13.0. The van der Waals surface area contributed by atoms with Crippen molar-refractivity contribution in [1.82, 2.24) is 24.9 Å². The van der Waals surface area contributed by atoms with Gasteiger partial charge in [0.05, 0.1) is 30.6 Å². The van der Waals surface area contributed by atoms with Crippen molar-refractivity contribution < 1.29 is 27.2 Å². The quantitative estimate of drug-likeness (QED) is 0.593. The number of benzene rings is 1. The maximum Gasteiger partial charge on any atom is 0.416 e. The van der Waals surface area contributed by atoms with Gasteiger partial charge in [0.25, 0.3) is 0 Å². The molecule has 1 saturated heterocycles. The first-order chi connectivity index (χ1) is 16.2. The molecule has 2 aromatic heterocycles. The predicted molar refractivity (Wildman–Crippen MR) is 116 cm³/mol. The topological polar surface area (TPSA) is 96.6 Å². The smallest absolute Gasteiger partial charge is 0.416 e. The number of amides is 2. The summed E-state index contributed by atoms with van der Waals surface area (Å²) in [6.45, 7) is 3.97. The summed E-state index contributed by atoms with van der Waals surface area (Å²) in [5, 5.41) is 6.66. The number of hydrogen-bond acceptors (Lipinski definition) is 7. The molecule has 4 rings (SSSR count). The van der Waals surface area contributed by atoms with Crippen LogP contribution in [0.15, 0.2) is 47.1 Å². The van der Waals surface area contributed by atoms with Crippen LogP contribution in [-0.4, -0.2) is 64.2 Å². The SMILES string of the molecule is COc1ccc(NC(=O)N2CCN(C(C)c3nc(-c4cccc(C(F)(F)F)c4)no3)CC2)cn1. The Kier molecular flexibility index (Phi) is 6.68. The first-order valence-electron chi connectivity index (χ1n) is 10.6. The van der Waals surface area contributed by atoms with E-state index in [1.54, 1.807) is 17.0 Å². The summed E-state index contributed by atoms with van der Waals surface area (Å²) in [4.78, 5) is 24.7. The molecule has 0 bridgehead atoms. The third kappa shape index (κ3) is 5.28. The first kappa shape index (κ1) is 23.5. The van der Waals surface area contributed by atoms with Crippen molar-refractivity contribution in [2.24, 2.45) is 0 Å².